The van der Waals surface area contributed by atoms with Crippen molar-refractivity contribution in [1.29, 1.82) is 0 Å². The molecule has 0 spiro atoms. The lowest BCUT2D eigenvalue weighted by Gasteiger charge is -2.35. The lowest BCUT2D eigenvalue weighted by Crippen LogP contribution is -2.39. The zero-order valence-corrected chi connectivity index (χ0v) is 26.8. The third-order valence-electron chi connectivity index (χ3n) is 8.43. The van der Waals surface area contributed by atoms with E-state index in [2.05, 4.69) is 30.9 Å². The molecule has 1 aliphatic rings. The smallest absolute Gasteiger partial charge is 0.439 e. The number of hydrogen-bond donors (Lipinski definition) is 1. The Morgan fingerprint density at radius 2 is 1.78 bits per heavy atom. The van der Waals surface area contributed by atoms with Crippen molar-refractivity contribution >= 4 is 0 Å². The van der Waals surface area contributed by atoms with Crippen LogP contribution in [0.15, 0.2) is 86.9 Å². The van der Waals surface area contributed by atoms with Gasteiger partial charge in [-0.3, -0.25) is 18.9 Å². The predicted molar refractivity (Wildman–Crippen MR) is 178 cm³/mol. The number of aromatic nitrogens is 4. The minimum Gasteiger partial charge on any atom is -0.490 e. The van der Waals surface area contributed by atoms with E-state index in [1.54, 1.807) is 4.57 Å². The zero-order chi connectivity index (χ0) is 32.3. The molecular formula is C37H40N4O5. The molecule has 1 fully saturated rings. The zero-order valence-electron chi connectivity index (χ0n) is 26.8. The third-order valence-corrected chi connectivity index (χ3v) is 8.43. The van der Waals surface area contributed by atoms with Crippen LogP contribution in [0.5, 0.6) is 5.75 Å². The number of hydrogen-bond acceptors (Lipinski definition) is 7. The Kier molecular flexibility index (Phi) is 9.03. The first-order valence-corrected chi connectivity index (χ1v) is 16.0. The maximum Gasteiger partial charge on any atom is 0.439 e. The van der Waals surface area contributed by atoms with Crippen molar-refractivity contribution in [2.75, 3.05) is 6.61 Å². The van der Waals surface area contributed by atoms with E-state index in [0.29, 0.717) is 42.8 Å². The molecular weight excluding hydrogens is 580 g/mol. The highest BCUT2D eigenvalue weighted by atomic mass is 16.5. The van der Waals surface area contributed by atoms with Crippen LogP contribution >= 0.6 is 0 Å². The van der Waals surface area contributed by atoms with Crippen molar-refractivity contribution in [3.8, 4) is 34.0 Å². The fourth-order valence-electron chi connectivity index (χ4n) is 6.23. The van der Waals surface area contributed by atoms with Crippen LogP contribution in [-0.4, -0.2) is 38.0 Å². The number of nitrogens with one attached hydrogen (secondary N) is 1. The van der Waals surface area contributed by atoms with E-state index in [1.807, 2.05) is 79.7 Å². The number of H-pyrrole nitrogens is 1. The summed E-state index contributed by atoms with van der Waals surface area (Å²) in [4.78, 5) is 34.0. The number of aryl methyl sites for hydroxylation is 2. The first-order valence-electron chi connectivity index (χ1n) is 16.0. The van der Waals surface area contributed by atoms with Gasteiger partial charge < -0.3 is 9.47 Å². The largest absolute Gasteiger partial charge is 0.490 e. The first-order chi connectivity index (χ1) is 22.2. The number of aromatic amines is 1. The molecule has 0 amide bonds. The van der Waals surface area contributed by atoms with Gasteiger partial charge in [0.2, 0.25) is 0 Å². The fraction of sp³-hybridized carbons (Fsp3) is 0.351. The number of ether oxygens (including phenoxy) is 2. The summed E-state index contributed by atoms with van der Waals surface area (Å²) < 4.78 is 18.7. The van der Waals surface area contributed by atoms with E-state index in [-0.39, 0.29) is 17.3 Å². The molecule has 0 bridgehead atoms. The van der Waals surface area contributed by atoms with E-state index >= 15 is 0 Å². The SMILES string of the molecule is CCCc1nc(CC)n(-c2ccc(OC3CCOC(C)(C)C3)cc2)c(=O)c1Cc1ccc(-c2ccccc2)c(-c2noc(=O)[nH]2)c1. The molecule has 0 saturated carbocycles. The Hall–Kier alpha value is -4.76. The average Bonchev–Trinajstić information content (AvgIpc) is 3.49. The van der Waals surface area contributed by atoms with Crippen LogP contribution < -0.4 is 16.1 Å². The number of benzene rings is 3. The standard InChI is InChI=1S/C37H40N4O5/c1-5-10-32-31(22-24-13-18-29(25-11-8-7-9-12-25)30(21-24)34-39-36(43)46-40-34)35(42)41(33(6-2)38-32)26-14-16-27(17-15-26)45-28-19-20-44-37(3,4)23-28/h7-9,11-18,21,28H,5-6,10,19-20,22-23H2,1-4H3,(H,39,40,43). The molecule has 238 valence electrons. The van der Waals surface area contributed by atoms with Gasteiger partial charge in [-0.15, -0.1) is 0 Å². The Balaban J connectivity index is 1.37. The highest BCUT2D eigenvalue weighted by molar-refractivity contribution is 5.81. The normalized spacial score (nSPS) is 16.0. The average molecular weight is 621 g/mol. The van der Waals surface area contributed by atoms with Crippen LogP contribution in [-0.2, 0) is 24.0 Å². The second-order valence-electron chi connectivity index (χ2n) is 12.4. The highest BCUT2D eigenvalue weighted by Crippen LogP contribution is 2.32. The summed E-state index contributed by atoms with van der Waals surface area (Å²) in [5, 5.41) is 3.97. The summed E-state index contributed by atoms with van der Waals surface area (Å²) in [5.41, 5.74) is 5.40. The van der Waals surface area contributed by atoms with Gasteiger partial charge in [-0.25, -0.2) is 9.78 Å². The van der Waals surface area contributed by atoms with Crippen molar-refractivity contribution in [1.82, 2.24) is 19.7 Å². The Morgan fingerprint density at radius 3 is 2.46 bits per heavy atom. The van der Waals surface area contributed by atoms with Gasteiger partial charge in [0, 0.05) is 36.8 Å². The van der Waals surface area contributed by atoms with Crippen molar-refractivity contribution in [2.45, 2.75) is 77.9 Å². The lowest BCUT2D eigenvalue weighted by atomic mass is 9.94. The molecule has 6 rings (SSSR count). The molecule has 3 heterocycles. The van der Waals surface area contributed by atoms with Crippen molar-refractivity contribution in [3.63, 3.8) is 0 Å². The summed E-state index contributed by atoms with van der Waals surface area (Å²) in [7, 11) is 0. The maximum absolute atomic E-state index is 14.4. The van der Waals surface area contributed by atoms with E-state index in [1.165, 1.54) is 0 Å². The molecule has 0 radical (unpaired) electrons. The molecule has 5 aromatic rings. The number of nitrogens with zero attached hydrogens (tertiary/aromatic N) is 3. The Bertz CT molecular complexity index is 1920. The van der Waals surface area contributed by atoms with Gasteiger partial charge in [0.15, 0.2) is 5.82 Å². The van der Waals surface area contributed by atoms with Crippen molar-refractivity contribution in [3.05, 3.63) is 116 Å². The van der Waals surface area contributed by atoms with Crippen LogP contribution in [0, 0.1) is 0 Å². The molecule has 9 heteroatoms. The molecule has 1 N–H and O–H groups in total. The molecule has 3 aromatic carbocycles. The van der Waals surface area contributed by atoms with Gasteiger partial charge in [-0.2, -0.15) is 0 Å². The molecule has 2 aromatic heterocycles. The monoisotopic (exact) mass is 620 g/mol. The van der Waals surface area contributed by atoms with Crippen LogP contribution in [0.25, 0.3) is 28.2 Å². The van der Waals surface area contributed by atoms with Crippen LogP contribution in [0.4, 0.5) is 0 Å². The Morgan fingerprint density at radius 1 is 1.00 bits per heavy atom. The Labute approximate surface area is 268 Å². The quantitative estimate of drug-likeness (QED) is 0.185. The summed E-state index contributed by atoms with van der Waals surface area (Å²) in [6.45, 7) is 8.96. The van der Waals surface area contributed by atoms with Gasteiger partial charge in [0.05, 0.1) is 23.6 Å². The van der Waals surface area contributed by atoms with Gasteiger partial charge in [0.1, 0.15) is 17.7 Å². The molecule has 1 atom stereocenters. The second kappa shape index (κ2) is 13.3. The molecule has 9 nitrogen and oxygen atoms in total. The molecule has 0 aliphatic carbocycles. The van der Waals surface area contributed by atoms with Crippen LogP contribution in [0.3, 0.4) is 0 Å². The highest BCUT2D eigenvalue weighted by Gasteiger charge is 2.30. The lowest BCUT2D eigenvalue weighted by molar-refractivity contribution is -0.0897. The molecule has 1 saturated heterocycles. The summed E-state index contributed by atoms with van der Waals surface area (Å²) in [5.74, 6) is 1.20. The molecule has 46 heavy (non-hydrogen) atoms. The summed E-state index contributed by atoms with van der Waals surface area (Å²) in [6, 6.07) is 23.6. The summed E-state index contributed by atoms with van der Waals surface area (Å²) in [6.07, 6.45) is 4.28. The van der Waals surface area contributed by atoms with Gasteiger partial charge in [-0.05, 0) is 67.3 Å². The van der Waals surface area contributed by atoms with Crippen LogP contribution in [0.1, 0.15) is 69.6 Å². The number of rotatable bonds is 10. The molecule has 1 unspecified atom stereocenters. The van der Waals surface area contributed by atoms with E-state index in [9.17, 15) is 9.59 Å². The maximum atomic E-state index is 14.4. The van der Waals surface area contributed by atoms with Gasteiger partial charge >= 0.3 is 5.76 Å². The topological polar surface area (TPSA) is 112 Å². The van der Waals surface area contributed by atoms with E-state index in [4.69, 9.17) is 19.0 Å². The predicted octanol–water partition coefficient (Wildman–Crippen LogP) is 6.68. The molecule has 1 aliphatic heterocycles. The third kappa shape index (κ3) is 6.74. The fourth-order valence-corrected chi connectivity index (χ4v) is 6.23. The minimum atomic E-state index is -0.625. The van der Waals surface area contributed by atoms with Crippen molar-refractivity contribution in [2.24, 2.45) is 0 Å². The van der Waals surface area contributed by atoms with Gasteiger partial charge in [-0.1, -0.05) is 67.9 Å². The minimum absolute atomic E-state index is 0.0818. The first kappa shape index (κ1) is 31.2. The van der Waals surface area contributed by atoms with Crippen molar-refractivity contribution < 1.29 is 14.0 Å². The van der Waals surface area contributed by atoms with Crippen LogP contribution in [0.2, 0.25) is 0 Å². The van der Waals surface area contributed by atoms with Gasteiger partial charge in [0.25, 0.3) is 5.56 Å². The van der Waals surface area contributed by atoms with E-state index < -0.39 is 5.76 Å². The second-order valence-corrected chi connectivity index (χ2v) is 12.4. The van der Waals surface area contributed by atoms with E-state index in [0.717, 1.165) is 58.9 Å². The summed E-state index contributed by atoms with van der Waals surface area (Å²) >= 11 is 0.